The first-order chi connectivity index (χ1) is 8.40. The highest BCUT2D eigenvalue weighted by atomic mass is 79.9. The standard InChI is InChI=1S/C15H20BrNO/c1-14(2)9-10-7-11(16)8-12(13(10)18-14)15(17)5-3-4-6-15/h7-8H,3-6,9,17H2,1-2H3. The van der Waals surface area contributed by atoms with E-state index in [-0.39, 0.29) is 11.1 Å². The lowest BCUT2D eigenvalue weighted by atomic mass is 9.87. The van der Waals surface area contributed by atoms with Gasteiger partial charge in [0.2, 0.25) is 0 Å². The van der Waals surface area contributed by atoms with E-state index in [1.807, 2.05) is 0 Å². The normalized spacial score (nSPS) is 23.8. The molecule has 0 saturated heterocycles. The Hall–Kier alpha value is -0.540. The topological polar surface area (TPSA) is 35.2 Å². The summed E-state index contributed by atoms with van der Waals surface area (Å²) >= 11 is 3.61. The molecule has 1 aliphatic heterocycles. The van der Waals surface area contributed by atoms with Crippen LogP contribution >= 0.6 is 15.9 Å². The third-order valence-corrected chi connectivity index (χ3v) is 4.62. The Balaban J connectivity index is 2.11. The Morgan fingerprint density at radius 3 is 2.56 bits per heavy atom. The minimum absolute atomic E-state index is 0.104. The molecule has 0 atom stereocenters. The van der Waals surface area contributed by atoms with Gasteiger partial charge in [-0.25, -0.2) is 0 Å². The van der Waals surface area contributed by atoms with Crippen molar-refractivity contribution in [1.82, 2.24) is 0 Å². The van der Waals surface area contributed by atoms with Gasteiger partial charge in [-0.05, 0) is 44.4 Å². The van der Waals surface area contributed by atoms with Crippen LogP contribution in [-0.4, -0.2) is 5.60 Å². The molecule has 1 saturated carbocycles. The van der Waals surface area contributed by atoms with Gasteiger partial charge in [0.05, 0.1) is 0 Å². The van der Waals surface area contributed by atoms with Crippen LogP contribution in [0, 0.1) is 0 Å². The molecule has 0 amide bonds. The molecule has 3 rings (SSSR count). The molecule has 0 bridgehead atoms. The van der Waals surface area contributed by atoms with E-state index in [4.69, 9.17) is 10.5 Å². The average Bonchev–Trinajstić information content (AvgIpc) is 2.80. The number of ether oxygens (including phenoxy) is 1. The van der Waals surface area contributed by atoms with Gasteiger partial charge in [-0.2, -0.15) is 0 Å². The fraction of sp³-hybridized carbons (Fsp3) is 0.600. The van der Waals surface area contributed by atoms with E-state index in [0.29, 0.717) is 0 Å². The van der Waals surface area contributed by atoms with E-state index >= 15 is 0 Å². The van der Waals surface area contributed by atoms with Crippen molar-refractivity contribution in [2.24, 2.45) is 5.73 Å². The largest absolute Gasteiger partial charge is 0.487 e. The van der Waals surface area contributed by atoms with Crippen molar-refractivity contribution in [2.75, 3.05) is 0 Å². The van der Waals surface area contributed by atoms with Gasteiger partial charge in [0.1, 0.15) is 11.4 Å². The van der Waals surface area contributed by atoms with Crippen LogP contribution in [0.2, 0.25) is 0 Å². The fourth-order valence-electron chi connectivity index (χ4n) is 3.32. The monoisotopic (exact) mass is 309 g/mol. The highest BCUT2D eigenvalue weighted by molar-refractivity contribution is 9.10. The highest BCUT2D eigenvalue weighted by Gasteiger charge is 2.39. The molecule has 1 heterocycles. The lowest BCUT2D eigenvalue weighted by Gasteiger charge is -2.27. The molecule has 1 aliphatic carbocycles. The minimum atomic E-state index is -0.186. The maximum absolute atomic E-state index is 6.61. The number of nitrogens with two attached hydrogens (primary N) is 1. The van der Waals surface area contributed by atoms with Crippen molar-refractivity contribution in [3.8, 4) is 5.75 Å². The molecule has 1 aromatic rings. The van der Waals surface area contributed by atoms with Crippen LogP contribution < -0.4 is 10.5 Å². The number of benzene rings is 1. The maximum atomic E-state index is 6.61. The van der Waals surface area contributed by atoms with E-state index in [0.717, 1.165) is 29.5 Å². The van der Waals surface area contributed by atoms with E-state index < -0.39 is 0 Å². The summed E-state index contributed by atoms with van der Waals surface area (Å²) in [6.07, 6.45) is 5.55. The summed E-state index contributed by atoms with van der Waals surface area (Å²) in [6, 6.07) is 4.33. The van der Waals surface area contributed by atoms with Gasteiger partial charge in [0.25, 0.3) is 0 Å². The SMILES string of the molecule is CC1(C)Cc2cc(Br)cc(C3(N)CCCC3)c2O1. The summed E-state index contributed by atoms with van der Waals surface area (Å²) in [4.78, 5) is 0. The van der Waals surface area contributed by atoms with Crippen molar-refractivity contribution >= 4 is 15.9 Å². The number of halogens is 1. The first-order valence-electron chi connectivity index (χ1n) is 6.70. The molecule has 3 heteroatoms. The van der Waals surface area contributed by atoms with Gasteiger partial charge >= 0.3 is 0 Å². The van der Waals surface area contributed by atoms with Crippen LogP contribution in [0.3, 0.4) is 0 Å². The van der Waals surface area contributed by atoms with Crippen LogP contribution in [0.5, 0.6) is 5.75 Å². The lowest BCUT2D eigenvalue weighted by molar-refractivity contribution is 0.135. The molecule has 0 radical (unpaired) electrons. The number of rotatable bonds is 1. The van der Waals surface area contributed by atoms with Crippen molar-refractivity contribution in [1.29, 1.82) is 0 Å². The summed E-state index contributed by atoms with van der Waals surface area (Å²) in [6.45, 7) is 4.28. The van der Waals surface area contributed by atoms with Gasteiger partial charge < -0.3 is 10.5 Å². The first-order valence-corrected chi connectivity index (χ1v) is 7.50. The second kappa shape index (κ2) is 3.97. The smallest absolute Gasteiger partial charge is 0.128 e. The first kappa shape index (κ1) is 12.5. The summed E-state index contributed by atoms with van der Waals surface area (Å²) < 4.78 is 7.28. The van der Waals surface area contributed by atoms with E-state index in [1.54, 1.807) is 0 Å². The van der Waals surface area contributed by atoms with Crippen molar-refractivity contribution in [2.45, 2.75) is 57.1 Å². The molecule has 2 nitrogen and oxygen atoms in total. The van der Waals surface area contributed by atoms with Crippen LogP contribution in [0.15, 0.2) is 16.6 Å². The second-order valence-corrected chi connectivity index (χ2v) is 7.26. The van der Waals surface area contributed by atoms with E-state index in [1.165, 1.54) is 24.0 Å². The van der Waals surface area contributed by atoms with Gasteiger partial charge in [-0.15, -0.1) is 0 Å². The van der Waals surface area contributed by atoms with E-state index in [2.05, 4.69) is 41.9 Å². The Morgan fingerprint density at radius 1 is 1.22 bits per heavy atom. The summed E-state index contributed by atoms with van der Waals surface area (Å²) in [5.41, 5.74) is 8.82. The van der Waals surface area contributed by atoms with Crippen LogP contribution in [0.1, 0.15) is 50.7 Å². The summed E-state index contributed by atoms with van der Waals surface area (Å²) in [7, 11) is 0. The minimum Gasteiger partial charge on any atom is -0.487 e. The van der Waals surface area contributed by atoms with Gasteiger partial charge in [0, 0.05) is 22.0 Å². The van der Waals surface area contributed by atoms with Gasteiger partial charge in [-0.1, -0.05) is 28.8 Å². The molecule has 2 N–H and O–H groups in total. The zero-order valence-corrected chi connectivity index (χ0v) is 12.6. The molecule has 0 aromatic heterocycles. The number of hydrogen-bond acceptors (Lipinski definition) is 2. The van der Waals surface area contributed by atoms with Gasteiger partial charge in [-0.3, -0.25) is 0 Å². The predicted molar refractivity (Wildman–Crippen MR) is 76.9 cm³/mol. The molecule has 98 valence electrons. The maximum Gasteiger partial charge on any atom is 0.128 e. The quantitative estimate of drug-likeness (QED) is 0.854. The fourth-order valence-corrected chi connectivity index (χ4v) is 3.82. The highest BCUT2D eigenvalue weighted by Crippen LogP contribution is 2.47. The Bertz CT molecular complexity index is 490. The molecule has 1 aromatic carbocycles. The van der Waals surface area contributed by atoms with Crippen molar-refractivity contribution in [3.63, 3.8) is 0 Å². The van der Waals surface area contributed by atoms with Crippen LogP contribution in [0.4, 0.5) is 0 Å². The molecule has 1 fully saturated rings. The number of hydrogen-bond donors (Lipinski definition) is 1. The Morgan fingerprint density at radius 2 is 1.89 bits per heavy atom. The average molecular weight is 310 g/mol. The third kappa shape index (κ3) is 1.97. The van der Waals surface area contributed by atoms with Gasteiger partial charge in [0.15, 0.2) is 0 Å². The summed E-state index contributed by atoms with van der Waals surface area (Å²) in [5, 5.41) is 0. The van der Waals surface area contributed by atoms with Crippen LogP contribution in [-0.2, 0) is 12.0 Å². The summed E-state index contributed by atoms with van der Waals surface area (Å²) in [5.74, 6) is 1.05. The Labute approximate surface area is 117 Å². The zero-order chi connectivity index (χ0) is 13.0. The predicted octanol–water partition coefficient (Wildman–Crippen LogP) is 3.89. The molecular formula is C15H20BrNO. The lowest BCUT2D eigenvalue weighted by Crippen LogP contribution is -2.34. The molecule has 2 aliphatic rings. The van der Waals surface area contributed by atoms with E-state index in [9.17, 15) is 0 Å². The number of fused-ring (bicyclic) bond motifs is 1. The van der Waals surface area contributed by atoms with Crippen molar-refractivity contribution in [3.05, 3.63) is 27.7 Å². The molecular weight excluding hydrogens is 290 g/mol. The third-order valence-electron chi connectivity index (χ3n) is 4.16. The molecule has 0 spiro atoms. The second-order valence-electron chi connectivity index (χ2n) is 6.34. The van der Waals surface area contributed by atoms with Crippen molar-refractivity contribution < 1.29 is 4.74 Å². The molecule has 0 unspecified atom stereocenters. The van der Waals surface area contributed by atoms with Crippen LogP contribution in [0.25, 0.3) is 0 Å². The zero-order valence-electron chi connectivity index (χ0n) is 11.1. The Kier molecular flexibility index (Phi) is 2.76. The molecule has 18 heavy (non-hydrogen) atoms.